The third kappa shape index (κ3) is 1.15. The summed E-state index contributed by atoms with van der Waals surface area (Å²) in [6.45, 7) is 3.68. The highest BCUT2D eigenvalue weighted by atomic mass is 16.8. The molecule has 0 aromatic carbocycles. The highest BCUT2D eigenvalue weighted by Gasteiger charge is 2.52. The lowest BCUT2D eigenvalue weighted by Crippen LogP contribution is -2.35. The molecule has 0 amide bonds. The van der Waals surface area contributed by atoms with Gasteiger partial charge in [0.1, 0.15) is 12.2 Å². The largest absolute Gasteiger partial charge is 0.390 e. The Labute approximate surface area is 71.6 Å². The summed E-state index contributed by atoms with van der Waals surface area (Å²) in [5, 5.41) is 9.52. The van der Waals surface area contributed by atoms with Gasteiger partial charge in [-0.15, -0.1) is 0 Å². The van der Waals surface area contributed by atoms with Gasteiger partial charge in [0, 0.05) is 6.04 Å². The highest BCUT2D eigenvalue weighted by molar-refractivity contribution is 5.00. The van der Waals surface area contributed by atoms with Crippen molar-refractivity contribution in [2.24, 2.45) is 5.73 Å². The van der Waals surface area contributed by atoms with Crippen LogP contribution in [0.2, 0.25) is 0 Å². The van der Waals surface area contributed by atoms with E-state index in [1.54, 1.807) is 0 Å². The molecule has 1 heterocycles. The van der Waals surface area contributed by atoms with E-state index in [9.17, 15) is 5.11 Å². The lowest BCUT2D eigenvalue weighted by molar-refractivity contribution is -0.163. The van der Waals surface area contributed by atoms with Crippen LogP contribution in [0.25, 0.3) is 0 Å². The maximum Gasteiger partial charge on any atom is 0.163 e. The van der Waals surface area contributed by atoms with Gasteiger partial charge in [-0.3, -0.25) is 0 Å². The molecule has 0 bridgehead atoms. The maximum absolute atomic E-state index is 9.52. The molecule has 4 heteroatoms. The van der Waals surface area contributed by atoms with Gasteiger partial charge in [0.05, 0.1) is 6.10 Å². The zero-order chi connectivity index (χ0) is 8.93. The van der Waals surface area contributed by atoms with Crippen molar-refractivity contribution in [1.29, 1.82) is 0 Å². The number of aliphatic hydroxyl groups excluding tert-OH is 1. The number of ether oxygens (including phenoxy) is 2. The van der Waals surface area contributed by atoms with Gasteiger partial charge in [-0.25, -0.2) is 0 Å². The first-order valence-corrected chi connectivity index (χ1v) is 4.29. The maximum atomic E-state index is 9.52. The van der Waals surface area contributed by atoms with Gasteiger partial charge in [-0.2, -0.15) is 0 Å². The third-order valence-corrected chi connectivity index (χ3v) is 2.48. The normalized spacial score (nSPS) is 51.0. The molecule has 1 aliphatic heterocycles. The fourth-order valence-corrected chi connectivity index (χ4v) is 1.99. The minimum atomic E-state index is -0.589. The topological polar surface area (TPSA) is 64.7 Å². The van der Waals surface area contributed by atoms with Crippen molar-refractivity contribution in [3.8, 4) is 0 Å². The molecule has 4 nitrogen and oxygen atoms in total. The van der Waals surface area contributed by atoms with Crippen LogP contribution in [0.5, 0.6) is 0 Å². The summed E-state index contributed by atoms with van der Waals surface area (Å²) in [6.07, 6.45) is -0.248. The van der Waals surface area contributed by atoms with Crippen LogP contribution in [0.4, 0.5) is 0 Å². The Balaban J connectivity index is 2.15. The first kappa shape index (κ1) is 8.44. The van der Waals surface area contributed by atoms with E-state index in [2.05, 4.69) is 0 Å². The second-order valence-corrected chi connectivity index (χ2v) is 4.03. The average molecular weight is 173 g/mol. The molecule has 3 N–H and O–H groups in total. The smallest absolute Gasteiger partial charge is 0.163 e. The van der Waals surface area contributed by atoms with Crippen molar-refractivity contribution in [2.45, 2.75) is 50.4 Å². The number of aliphatic hydroxyl groups is 1. The van der Waals surface area contributed by atoms with E-state index in [0.717, 1.165) is 0 Å². The second-order valence-electron chi connectivity index (χ2n) is 4.03. The molecule has 0 radical (unpaired) electrons. The predicted molar refractivity (Wildman–Crippen MR) is 42.4 cm³/mol. The zero-order valence-electron chi connectivity index (χ0n) is 7.36. The molecule has 2 fully saturated rings. The number of hydrogen-bond donors (Lipinski definition) is 2. The molecule has 1 saturated heterocycles. The lowest BCUT2D eigenvalue weighted by Gasteiger charge is -2.20. The van der Waals surface area contributed by atoms with E-state index in [-0.39, 0.29) is 18.2 Å². The van der Waals surface area contributed by atoms with Crippen molar-refractivity contribution < 1.29 is 14.6 Å². The predicted octanol–water partition coefficient (Wildman–Crippen LogP) is -0.402. The molecule has 0 unspecified atom stereocenters. The van der Waals surface area contributed by atoms with E-state index in [1.807, 2.05) is 13.8 Å². The quantitative estimate of drug-likeness (QED) is 0.523. The zero-order valence-corrected chi connectivity index (χ0v) is 7.36. The Morgan fingerprint density at radius 1 is 1.33 bits per heavy atom. The van der Waals surface area contributed by atoms with E-state index in [1.165, 1.54) is 0 Å². The molecule has 2 aliphatic rings. The number of fused-ring (bicyclic) bond motifs is 1. The fraction of sp³-hybridized carbons (Fsp3) is 1.00. The molecule has 0 aromatic rings. The Hall–Kier alpha value is -0.160. The molecule has 4 atom stereocenters. The number of rotatable bonds is 0. The summed E-state index contributed by atoms with van der Waals surface area (Å²) in [6, 6.07) is -0.0909. The minimum absolute atomic E-state index is 0.0909. The summed E-state index contributed by atoms with van der Waals surface area (Å²) in [7, 11) is 0. The van der Waals surface area contributed by atoms with Gasteiger partial charge in [0.2, 0.25) is 0 Å². The Kier molecular flexibility index (Phi) is 1.70. The van der Waals surface area contributed by atoms with Crippen LogP contribution >= 0.6 is 0 Å². The summed E-state index contributed by atoms with van der Waals surface area (Å²) in [5.41, 5.74) is 5.77. The minimum Gasteiger partial charge on any atom is -0.390 e. The summed E-state index contributed by atoms with van der Waals surface area (Å²) in [5.74, 6) is -0.589. The fourth-order valence-electron chi connectivity index (χ4n) is 1.99. The van der Waals surface area contributed by atoms with E-state index in [0.29, 0.717) is 6.42 Å². The van der Waals surface area contributed by atoms with Gasteiger partial charge in [0.15, 0.2) is 5.79 Å². The first-order valence-electron chi connectivity index (χ1n) is 4.29. The first-order chi connectivity index (χ1) is 5.49. The summed E-state index contributed by atoms with van der Waals surface area (Å²) >= 11 is 0. The average Bonchev–Trinajstić information content (AvgIpc) is 2.34. The van der Waals surface area contributed by atoms with Crippen LogP contribution in [0.15, 0.2) is 0 Å². The van der Waals surface area contributed by atoms with Crippen molar-refractivity contribution in [1.82, 2.24) is 0 Å². The molecule has 70 valence electrons. The van der Waals surface area contributed by atoms with Crippen molar-refractivity contribution in [3.63, 3.8) is 0 Å². The summed E-state index contributed by atoms with van der Waals surface area (Å²) in [4.78, 5) is 0. The van der Waals surface area contributed by atoms with Crippen LogP contribution in [0.1, 0.15) is 20.3 Å². The Morgan fingerprint density at radius 2 is 1.92 bits per heavy atom. The van der Waals surface area contributed by atoms with Crippen molar-refractivity contribution in [2.75, 3.05) is 0 Å². The van der Waals surface area contributed by atoms with Crippen molar-refractivity contribution in [3.05, 3.63) is 0 Å². The molecule has 2 rings (SSSR count). The lowest BCUT2D eigenvalue weighted by atomic mass is 10.2. The van der Waals surface area contributed by atoms with Crippen molar-refractivity contribution >= 4 is 0 Å². The number of hydrogen-bond acceptors (Lipinski definition) is 4. The second kappa shape index (κ2) is 2.42. The van der Waals surface area contributed by atoms with Crippen LogP contribution in [0, 0.1) is 0 Å². The number of nitrogens with two attached hydrogens (primary N) is 1. The SMILES string of the molecule is CC1(C)O[C@@H]2[C@H](O1)[C@H](O)C[C@@H]2N. The molecular weight excluding hydrogens is 158 g/mol. The molecule has 1 saturated carbocycles. The monoisotopic (exact) mass is 173 g/mol. The van der Waals surface area contributed by atoms with Gasteiger partial charge >= 0.3 is 0 Å². The standard InChI is InChI=1S/C8H15NO3/c1-8(2)11-6-4(9)3-5(10)7(6)12-8/h4-7,10H,3,9H2,1-2H3/t4-,5+,6-,7+/m0/s1. The molecule has 0 aromatic heterocycles. The van der Waals surface area contributed by atoms with E-state index >= 15 is 0 Å². The molecular formula is C8H15NO3. The van der Waals surface area contributed by atoms with Gasteiger partial charge < -0.3 is 20.3 Å². The van der Waals surface area contributed by atoms with E-state index in [4.69, 9.17) is 15.2 Å². The van der Waals surface area contributed by atoms with Gasteiger partial charge in [-0.1, -0.05) is 0 Å². The molecule has 1 aliphatic carbocycles. The molecule has 12 heavy (non-hydrogen) atoms. The highest BCUT2D eigenvalue weighted by Crippen LogP contribution is 2.37. The Morgan fingerprint density at radius 3 is 2.50 bits per heavy atom. The molecule has 0 spiro atoms. The third-order valence-electron chi connectivity index (χ3n) is 2.48. The van der Waals surface area contributed by atoms with Gasteiger partial charge in [-0.05, 0) is 20.3 Å². The van der Waals surface area contributed by atoms with Crippen LogP contribution in [-0.2, 0) is 9.47 Å². The van der Waals surface area contributed by atoms with Crippen LogP contribution in [0.3, 0.4) is 0 Å². The van der Waals surface area contributed by atoms with Crippen LogP contribution < -0.4 is 5.73 Å². The Bertz CT molecular complexity index is 177. The summed E-state index contributed by atoms with van der Waals surface area (Å²) < 4.78 is 11.1. The van der Waals surface area contributed by atoms with E-state index < -0.39 is 11.9 Å². The van der Waals surface area contributed by atoms with Crippen LogP contribution in [-0.4, -0.2) is 35.2 Å². The van der Waals surface area contributed by atoms with Gasteiger partial charge in [0.25, 0.3) is 0 Å².